The van der Waals surface area contributed by atoms with Crippen molar-refractivity contribution >= 4 is 27.5 Å². The monoisotopic (exact) mass is 414 g/mol. The van der Waals surface area contributed by atoms with E-state index < -0.39 is 15.9 Å². The first kappa shape index (κ1) is 20.8. The number of benzene rings is 2. The summed E-state index contributed by atoms with van der Waals surface area (Å²) in [5.74, 6) is 0.0995. The van der Waals surface area contributed by atoms with Gasteiger partial charge in [0.15, 0.2) is 11.5 Å². The zero-order valence-corrected chi connectivity index (χ0v) is 16.7. The number of hydrogen-bond acceptors (Lipinski definition) is 6. The predicted octanol–water partition coefficient (Wildman–Crippen LogP) is 2.30. The molecule has 0 aliphatic carbocycles. The number of hydrazine groups is 1. The molecule has 0 saturated heterocycles. The highest BCUT2D eigenvalue weighted by Gasteiger charge is 2.21. The smallest absolute Gasteiger partial charge is 0.266 e. The van der Waals surface area contributed by atoms with E-state index in [0.717, 1.165) is 5.56 Å². The topological polar surface area (TPSA) is 103 Å². The number of carbonyl (C=O) groups is 1. The summed E-state index contributed by atoms with van der Waals surface area (Å²) in [7, 11) is 0.182. The summed E-state index contributed by atoms with van der Waals surface area (Å²) in [4.78, 5) is 14.2. The Kier molecular flexibility index (Phi) is 6.53. The molecular weight excluding hydrogens is 396 g/mol. The minimum atomic E-state index is -4.06. The number of hydrogen-bond donors (Lipinski definition) is 2. The lowest BCUT2D eigenvalue weighted by Crippen LogP contribution is -2.41. The van der Waals surface area contributed by atoms with Gasteiger partial charge >= 0.3 is 0 Å². The highest BCUT2D eigenvalue weighted by atomic mass is 35.5. The van der Waals surface area contributed by atoms with E-state index in [1.807, 2.05) is 4.83 Å². The molecule has 146 valence electrons. The number of sulfonamides is 1. The summed E-state index contributed by atoms with van der Waals surface area (Å²) in [6, 6.07) is 7.25. The van der Waals surface area contributed by atoms with Gasteiger partial charge < -0.3 is 14.2 Å². The molecule has 1 amide bonds. The molecule has 0 radical (unpaired) electrons. The minimum absolute atomic E-state index is 0.0459. The maximum atomic E-state index is 12.4. The Morgan fingerprint density at radius 3 is 2.07 bits per heavy atom. The van der Waals surface area contributed by atoms with Crippen molar-refractivity contribution in [3.8, 4) is 17.2 Å². The lowest BCUT2D eigenvalue weighted by molar-refractivity contribution is 0.0944. The summed E-state index contributed by atoms with van der Waals surface area (Å²) < 4.78 is 40.3. The average molecular weight is 415 g/mol. The van der Waals surface area contributed by atoms with Crippen molar-refractivity contribution in [2.75, 3.05) is 21.3 Å². The van der Waals surface area contributed by atoms with Crippen molar-refractivity contribution in [1.82, 2.24) is 10.3 Å². The second-order valence-electron chi connectivity index (χ2n) is 5.41. The van der Waals surface area contributed by atoms with Crippen LogP contribution in [-0.4, -0.2) is 35.7 Å². The summed E-state index contributed by atoms with van der Waals surface area (Å²) in [5, 5.41) is 0.0459. The van der Waals surface area contributed by atoms with Gasteiger partial charge in [-0.3, -0.25) is 10.2 Å². The van der Waals surface area contributed by atoms with E-state index in [4.69, 9.17) is 25.8 Å². The number of carbonyl (C=O) groups excluding carboxylic acids is 1. The molecule has 0 unspecified atom stereocenters. The zero-order chi connectivity index (χ0) is 20.2. The van der Waals surface area contributed by atoms with Gasteiger partial charge in [0.05, 0.1) is 26.4 Å². The van der Waals surface area contributed by atoms with Crippen LogP contribution in [0.5, 0.6) is 17.2 Å². The Hall–Kier alpha value is -2.49. The first-order valence-corrected chi connectivity index (χ1v) is 9.48. The summed E-state index contributed by atoms with van der Waals surface area (Å²) >= 11 is 5.98. The van der Waals surface area contributed by atoms with Crippen LogP contribution in [0.3, 0.4) is 0 Å². The summed E-state index contributed by atoms with van der Waals surface area (Å²) in [5.41, 5.74) is 3.04. The fourth-order valence-electron chi connectivity index (χ4n) is 2.28. The first-order valence-electron chi connectivity index (χ1n) is 7.61. The SMILES string of the molecule is COc1cc(C(=O)NNS(=O)(=O)c2ccc(C)cc2Cl)cc(OC)c1OC. The maximum Gasteiger partial charge on any atom is 0.266 e. The molecule has 0 fully saturated rings. The van der Waals surface area contributed by atoms with E-state index in [-0.39, 0.29) is 27.0 Å². The van der Waals surface area contributed by atoms with Crippen LogP contribution >= 0.6 is 11.6 Å². The molecule has 0 spiro atoms. The van der Waals surface area contributed by atoms with Crippen LogP contribution in [0.1, 0.15) is 15.9 Å². The molecule has 0 saturated carbocycles. The Balaban J connectivity index is 2.25. The Morgan fingerprint density at radius 1 is 1.00 bits per heavy atom. The normalized spacial score (nSPS) is 11.0. The number of rotatable bonds is 7. The van der Waals surface area contributed by atoms with Crippen molar-refractivity contribution in [2.45, 2.75) is 11.8 Å². The molecular formula is C17H19ClN2O6S. The van der Waals surface area contributed by atoms with Crippen LogP contribution in [0.2, 0.25) is 5.02 Å². The number of aryl methyl sites for hydroxylation is 1. The van der Waals surface area contributed by atoms with Crippen LogP contribution in [0, 0.1) is 6.92 Å². The standard InChI is InChI=1S/C17H19ClN2O6S/c1-10-5-6-15(12(18)7-10)27(22,23)20-19-17(21)11-8-13(24-2)16(26-4)14(9-11)25-3/h5-9,20H,1-4H3,(H,19,21). The largest absolute Gasteiger partial charge is 0.493 e. The van der Waals surface area contributed by atoms with E-state index in [0.29, 0.717) is 5.75 Å². The first-order chi connectivity index (χ1) is 12.7. The maximum absolute atomic E-state index is 12.4. The van der Waals surface area contributed by atoms with Gasteiger partial charge in [-0.1, -0.05) is 17.7 Å². The molecule has 10 heteroatoms. The van der Waals surface area contributed by atoms with Gasteiger partial charge in [-0.25, -0.2) is 8.42 Å². The predicted molar refractivity (Wildman–Crippen MR) is 100 cm³/mol. The van der Waals surface area contributed by atoms with Crippen molar-refractivity contribution in [3.05, 3.63) is 46.5 Å². The second-order valence-corrected chi connectivity index (χ2v) is 7.47. The van der Waals surface area contributed by atoms with Gasteiger partial charge in [0, 0.05) is 5.56 Å². The number of nitrogens with one attached hydrogen (secondary N) is 2. The fourth-order valence-corrected chi connectivity index (χ4v) is 3.72. The summed E-state index contributed by atoms with van der Waals surface area (Å²) in [6.07, 6.45) is 0. The highest BCUT2D eigenvalue weighted by Crippen LogP contribution is 2.38. The lowest BCUT2D eigenvalue weighted by Gasteiger charge is -2.14. The number of amides is 1. The third-order valence-electron chi connectivity index (χ3n) is 3.60. The highest BCUT2D eigenvalue weighted by molar-refractivity contribution is 7.89. The molecule has 2 N–H and O–H groups in total. The van der Waals surface area contributed by atoms with E-state index in [2.05, 4.69) is 5.43 Å². The van der Waals surface area contributed by atoms with Crippen LogP contribution < -0.4 is 24.5 Å². The van der Waals surface area contributed by atoms with Crippen molar-refractivity contribution in [2.24, 2.45) is 0 Å². The van der Waals surface area contributed by atoms with E-state index in [9.17, 15) is 13.2 Å². The molecule has 0 atom stereocenters. The minimum Gasteiger partial charge on any atom is -0.493 e. The molecule has 0 aliphatic rings. The molecule has 0 aliphatic heterocycles. The zero-order valence-electron chi connectivity index (χ0n) is 15.1. The quantitative estimate of drug-likeness (QED) is 0.674. The molecule has 0 aromatic heterocycles. The van der Waals surface area contributed by atoms with Crippen LogP contribution in [-0.2, 0) is 10.0 Å². The molecule has 2 aromatic carbocycles. The van der Waals surface area contributed by atoms with Gasteiger partial charge in [0.25, 0.3) is 15.9 Å². The van der Waals surface area contributed by atoms with Crippen LogP contribution in [0.15, 0.2) is 35.2 Å². The van der Waals surface area contributed by atoms with E-state index in [1.54, 1.807) is 13.0 Å². The van der Waals surface area contributed by atoms with Gasteiger partial charge in [0.2, 0.25) is 5.75 Å². The second kappa shape index (κ2) is 8.47. The van der Waals surface area contributed by atoms with Crippen molar-refractivity contribution < 1.29 is 27.4 Å². The van der Waals surface area contributed by atoms with Crippen molar-refractivity contribution in [1.29, 1.82) is 0 Å². The molecule has 2 aromatic rings. The number of halogens is 1. The molecule has 8 nitrogen and oxygen atoms in total. The Morgan fingerprint density at radius 2 is 1.59 bits per heavy atom. The van der Waals surface area contributed by atoms with Gasteiger partial charge in [-0.15, -0.1) is 4.83 Å². The number of methoxy groups -OCH3 is 3. The lowest BCUT2D eigenvalue weighted by atomic mass is 10.1. The van der Waals surface area contributed by atoms with Crippen LogP contribution in [0.4, 0.5) is 0 Å². The van der Waals surface area contributed by atoms with E-state index in [1.165, 1.54) is 45.6 Å². The fraction of sp³-hybridized carbons (Fsp3) is 0.235. The Labute approximate surface area is 162 Å². The van der Waals surface area contributed by atoms with Gasteiger partial charge in [-0.2, -0.15) is 0 Å². The summed E-state index contributed by atoms with van der Waals surface area (Å²) in [6.45, 7) is 1.78. The third-order valence-corrected chi connectivity index (χ3v) is 5.33. The van der Waals surface area contributed by atoms with Crippen LogP contribution in [0.25, 0.3) is 0 Å². The third kappa shape index (κ3) is 4.62. The average Bonchev–Trinajstić information content (AvgIpc) is 2.64. The van der Waals surface area contributed by atoms with E-state index >= 15 is 0 Å². The Bertz CT molecular complexity index is 937. The molecule has 0 heterocycles. The van der Waals surface area contributed by atoms with Crippen molar-refractivity contribution in [3.63, 3.8) is 0 Å². The number of ether oxygens (including phenoxy) is 3. The van der Waals surface area contributed by atoms with Gasteiger partial charge in [-0.05, 0) is 36.8 Å². The molecule has 27 heavy (non-hydrogen) atoms. The molecule has 0 bridgehead atoms. The van der Waals surface area contributed by atoms with Gasteiger partial charge in [0.1, 0.15) is 4.90 Å². The molecule has 2 rings (SSSR count).